The molecule has 0 saturated heterocycles. The lowest BCUT2D eigenvalue weighted by Gasteiger charge is -2.23. The Bertz CT molecular complexity index is 754. The summed E-state index contributed by atoms with van der Waals surface area (Å²) < 4.78 is 22.2. The van der Waals surface area contributed by atoms with Gasteiger partial charge in [0.15, 0.2) is 0 Å². The van der Waals surface area contributed by atoms with E-state index in [1.807, 2.05) is 6.08 Å². The van der Waals surface area contributed by atoms with Gasteiger partial charge in [0.2, 0.25) is 5.91 Å². The maximum Gasteiger partial charge on any atom is 0.472 e. The second kappa shape index (κ2) is 35.1. The van der Waals surface area contributed by atoms with Gasteiger partial charge in [0.25, 0.3) is 0 Å². The quantitative estimate of drug-likeness (QED) is 0.0292. The minimum Gasteiger partial charge on any atom is -0.387 e. The molecule has 1 unspecified atom stereocenters. The standard InChI is InChI=1S/C38H77N2O6P/c1-3-5-7-9-11-13-15-17-18-20-22-24-26-28-30-32-38(42)40-36(35-46-47(43,44)45-34-33-39)37(41)31-29-27-25-23-21-19-16-14-12-10-8-6-4-2/h29,31,36-37,41H,3-28,30,32-35,39H2,1-2H3,(H,40,42)(H,43,44)/p+1/b31-29-/t36-,37+/m0/s1. The Balaban J connectivity index is 4.26. The van der Waals surface area contributed by atoms with Crippen molar-refractivity contribution < 1.29 is 34.1 Å². The zero-order valence-corrected chi connectivity index (χ0v) is 31.8. The highest BCUT2D eigenvalue weighted by Crippen LogP contribution is 2.43. The number of allylic oxidation sites excluding steroid dienone is 1. The van der Waals surface area contributed by atoms with E-state index in [0.29, 0.717) is 13.0 Å². The fraction of sp³-hybridized carbons (Fsp3) is 0.921. The molecule has 0 radical (unpaired) electrons. The summed E-state index contributed by atoms with van der Waals surface area (Å²) in [7, 11) is -4.29. The van der Waals surface area contributed by atoms with Crippen LogP contribution in [-0.2, 0) is 18.4 Å². The van der Waals surface area contributed by atoms with Crippen molar-refractivity contribution in [3.8, 4) is 0 Å². The molecule has 0 aromatic rings. The number of phosphoric acid groups is 1. The predicted molar refractivity (Wildman–Crippen MR) is 197 cm³/mol. The number of hydrogen-bond donors (Lipinski definition) is 4. The predicted octanol–water partition coefficient (Wildman–Crippen LogP) is 9.73. The SMILES string of the molecule is CCCCCCCCCCCCC/C=C\[C@@H](O)[C@H](COP(=O)(O)OCC[NH3+])NC(=O)CCCCCCCCCCCCCCCCC. The fourth-order valence-corrected chi connectivity index (χ4v) is 6.63. The van der Waals surface area contributed by atoms with E-state index < -0.39 is 20.0 Å². The Hall–Kier alpha value is -0.760. The third kappa shape index (κ3) is 33.5. The van der Waals surface area contributed by atoms with Crippen LogP contribution in [0.15, 0.2) is 12.2 Å². The minimum absolute atomic E-state index is 0.00852. The maximum atomic E-state index is 12.7. The highest BCUT2D eigenvalue weighted by molar-refractivity contribution is 7.47. The molecule has 0 aromatic heterocycles. The third-order valence-corrected chi connectivity index (χ3v) is 9.87. The average Bonchev–Trinajstić information content (AvgIpc) is 3.05. The van der Waals surface area contributed by atoms with Gasteiger partial charge in [-0.1, -0.05) is 180 Å². The topological polar surface area (TPSA) is 133 Å². The number of amides is 1. The first kappa shape index (κ1) is 46.2. The fourth-order valence-electron chi connectivity index (χ4n) is 5.85. The molecule has 1 amide bonds. The molecule has 0 aliphatic rings. The minimum atomic E-state index is -4.29. The van der Waals surface area contributed by atoms with Gasteiger partial charge in [-0.3, -0.25) is 13.8 Å². The Morgan fingerprint density at radius 1 is 0.681 bits per heavy atom. The molecule has 0 aromatic carbocycles. The molecule has 0 heterocycles. The number of aliphatic hydroxyl groups excluding tert-OH is 1. The lowest BCUT2D eigenvalue weighted by molar-refractivity contribution is -0.371. The van der Waals surface area contributed by atoms with Gasteiger partial charge in [0.05, 0.1) is 25.3 Å². The average molecular weight is 690 g/mol. The summed E-state index contributed by atoms with van der Waals surface area (Å²) >= 11 is 0. The van der Waals surface area contributed by atoms with Crippen molar-refractivity contribution in [2.24, 2.45) is 0 Å². The largest absolute Gasteiger partial charge is 0.472 e. The number of hydrogen-bond acceptors (Lipinski definition) is 5. The van der Waals surface area contributed by atoms with Gasteiger partial charge >= 0.3 is 7.82 Å². The van der Waals surface area contributed by atoms with Gasteiger partial charge in [0, 0.05) is 6.42 Å². The monoisotopic (exact) mass is 690 g/mol. The van der Waals surface area contributed by atoms with Gasteiger partial charge in [-0.25, -0.2) is 4.57 Å². The molecule has 9 heteroatoms. The first-order chi connectivity index (χ1) is 22.9. The highest BCUT2D eigenvalue weighted by atomic mass is 31.2. The van der Waals surface area contributed by atoms with Gasteiger partial charge in [0.1, 0.15) is 6.61 Å². The molecule has 0 saturated carbocycles. The van der Waals surface area contributed by atoms with Gasteiger partial charge < -0.3 is 21.1 Å². The molecule has 0 spiro atoms. The second-order valence-corrected chi connectivity index (χ2v) is 15.0. The number of carbonyl (C=O) groups excluding carboxylic acids is 1. The number of rotatable bonds is 37. The summed E-state index contributed by atoms with van der Waals surface area (Å²) in [6.07, 6.45) is 36.9. The van der Waals surface area contributed by atoms with Crippen LogP contribution in [0.25, 0.3) is 0 Å². The third-order valence-electron chi connectivity index (χ3n) is 8.89. The van der Waals surface area contributed by atoms with Crippen LogP contribution in [0.3, 0.4) is 0 Å². The lowest BCUT2D eigenvalue weighted by Crippen LogP contribution is -2.52. The summed E-state index contributed by atoms with van der Waals surface area (Å²) in [4.78, 5) is 22.6. The van der Waals surface area contributed by atoms with Crippen LogP contribution >= 0.6 is 7.82 Å². The Morgan fingerprint density at radius 2 is 1.09 bits per heavy atom. The summed E-state index contributed by atoms with van der Waals surface area (Å²) in [5.74, 6) is -0.183. The number of carbonyl (C=O) groups is 1. The van der Waals surface area contributed by atoms with Gasteiger partial charge in [-0.2, -0.15) is 0 Å². The molecule has 3 atom stereocenters. The van der Waals surface area contributed by atoms with E-state index in [0.717, 1.165) is 38.5 Å². The molecule has 0 aliphatic heterocycles. The van der Waals surface area contributed by atoms with Crippen LogP contribution in [0, 0.1) is 0 Å². The van der Waals surface area contributed by atoms with E-state index in [4.69, 9.17) is 9.05 Å². The van der Waals surface area contributed by atoms with Crippen molar-refractivity contribution in [3.63, 3.8) is 0 Å². The molecule has 0 aliphatic carbocycles. The van der Waals surface area contributed by atoms with E-state index >= 15 is 0 Å². The first-order valence-corrected chi connectivity index (χ1v) is 21.4. The maximum absolute atomic E-state index is 12.7. The van der Waals surface area contributed by atoms with Crippen LogP contribution in [-0.4, -0.2) is 47.8 Å². The van der Waals surface area contributed by atoms with E-state index in [1.54, 1.807) is 6.08 Å². The Labute approximate surface area is 290 Å². The van der Waals surface area contributed by atoms with E-state index in [-0.39, 0.29) is 19.1 Å². The first-order valence-electron chi connectivity index (χ1n) is 19.9. The molecular formula is C38H78N2O6P+. The summed E-state index contributed by atoms with van der Waals surface area (Å²) in [5, 5.41) is 13.6. The molecule has 8 nitrogen and oxygen atoms in total. The summed E-state index contributed by atoms with van der Waals surface area (Å²) in [6, 6.07) is -0.837. The molecule has 6 N–H and O–H groups in total. The number of quaternary nitrogens is 1. The normalized spacial score (nSPS) is 14.4. The van der Waals surface area contributed by atoms with E-state index in [9.17, 15) is 19.4 Å². The van der Waals surface area contributed by atoms with Crippen molar-refractivity contribution >= 4 is 13.7 Å². The second-order valence-electron chi connectivity index (χ2n) is 13.6. The smallest absolute Gasteiger partial charge is 0.387 e. The van der Waals surface area contributed by atoms with Crippen molar-refractivity contribution in [1.82, 2.24) is 5.32 Å². The van der Waals surface area contributed by atoms with Crippen LogP contribution < -0.4 is 11.1 Å². The lowest BCUT2D eigenvalue weighted by atomic mass is 10.0. The molecule has 47 heavy (non-hydrogen) atoms. The zero-order valence-electron chi connectivity index (χ0n) is 30.9. The number of phosphoric ester groups is 1. The molecular weight excluding hydrogens is 611 g/mol. The van der Waals surface area contributed by atoms with Crippen LogP contribution in [0.5, 0.6) is 0 Å². The number of nitrogens with one attached hydrogen (secondary N) is 1. The van der Waals surface area contributed by atoms with Gasteiger partial charge in [-0.05, 0) is 19.3 Å². The van der Waals surface area contributed by atoms with Crippen LogP contribution in [0.1, 0.15) is 194 Å². The molecule has 0 bridgehead atoms. The summed E-state index contributed by atoms with van der Waals surface area (Å²) in [5.41, 5.74) is 3.60. The van der Waals surface area contributed by atoms with Crippen LogP contribution in [0.2, 0.25) is 0 Å². The molecule has 0 fully saturated rings. The number of aliphatic hydroxyl groups is 1. The van der Waals surface area contributed by atoms with E-state index in [2.05, 4.69) is 24.9 Å². The molecule has 0 rings (SSSR count). The van der Waals surface area contributed by atoms with Crippen molar-refractivity contribution in [2.75, 3.05) is 19.8 Å². The zero-order chi connectivity index (χ0) is 34.7. The summed E-state index contributed by atoms with van der Waals surface area (Å²) in [6.45, 7) is 4.52. The van der Waals surface area contributed by atoms with Crippen molar-refractivity contribution in [1.29, 1.82) is 0 Å². The molecule has 280 valence electrons. The van der Waals surface area contributed by atoms with Gasteiger partial charge in [-0.15, -0.1) is 0 Å². The Kier molecular flexibility index (Phi) is 34.5. The number of unbranched alkanes of at least 4 members (excludes halogenated alkanes) is 25. The van der Waals surface area contributed by atoms with Crippen molar-refractivity contribution in [2.45, 2.75) is 206 Å². The Morgan fingerprint density at radius 3 is 1.51 bits per heavy atom. The highest BCUT2D eigenvalue weighted by Gasteiger charge is 2.27. The van der Waals surface area contributed by atoms with E-state index in [1.165, 1.54) is 135 Å². The van der Waals surface area contributed by atoms with Crippen molar-refractivity contribution in [3.05, 3.63) is 12.2 Å². The van der Waals surface area contributed by atoms with Crippen LogP contribution in [0.4, 0.5) is 0 Å².